The standard InChI is InChI=1S/C17H13F3N4O4/c1-27-11-4-2-3-10(7-11)13-8-14(17(18,19)20)22-16(21-13)28-9-24-6-5-12(23-24)15(25)26/h2-8H,9H2,1H3,(H,25,26). The molecule has 0 aliphatic rings. The molecule has 0 saturated heterocycles. The number of aromatic carboxylic acids is 1. The van der Waals surface area contributed by atoms with Crippen molar-refractivity contribution in [1.29, 1.82) is 0 Å². The first-order chi connectivity index (χ1) is 13.3. The molecular formula is C17H13F3N4O4. The van der Waals surface area contributed by atoms with Crippen molar-refractivity contribution in [2.45, 2.75) is 12.9 Å². The first kappa shape index (κ1) is 19.1. The second-order valence-electron chi connectivity index (χ2n) is 5.47. The Kier molecular flexibility index (Phi) is 5.16. The van der Waals surface area contributed by atoms with Gasteiger partial charge in [-0.3, -0.25) is 0 Å². The third-order valence-corrected chi connectivity index (χ3v) is 3.55. The van der Waals surface area contributed by atoms with Gasteiger partial charge in [-0.25, -0.2) is 9.48 Å². The summed E-state index contributed by atoms with van der Waals surface area (Å²) < 4.78 is 51.0. The van der Waals surface area contributed by atoms with E-state index in [2.05, 4.69) is 15.1 Å². The number of carboxylic acid groups (broad SMARTS) is 1. The van der Waals surface area contributed by atoms with Gasteiger partial charge in [0.05, 0.1) is 12.8 Å². The minimum Gasteiger partial charge on any atom is -0.497 e. The van der Waals surface area contributed by atoms with Gasteiger partial charge in [0.1, 0.15) is 5.75 Å². The molecule has 2 aromatic heterocycles. The van der Waals surface area contributed by atoms with Crippen molar-refractivity contribution in [2.24, 2.45) is 0 Å². The van der Waals surface area contributed by atoms with Gasteiger partial charge in [-0.15, -0.1) is 0 Å². The lowest BCUT2D eigenvalue weighted by Crippen LogP contribution is -2.13. The molecule has 3 rings (SSSR count). The van der Waals surface area contributed by atoms with Crippen LogP contribution in [-0.2, 0) is 12.9 Å². The van der Waals surface area contributed by atoms with Crippen LogP contribution in [0.3, 0.4) is 0 Å². The molecule has 0 aliphatic carbocycles. The van der Waals surface area contributed by atoms with Gasteiger partial charge in [0, 0.05) is 11.8 Å². The number of alkyl halides is 3. The van der Waals surface area contributed by atoms with Gasteiger partial charge in [-0.2, -0.15) is 28.2 Å². The molecule has 28 heavy (non-hydrogen) atoms. The van der Waals surface area contributed by atoms with Crippen molar-refractivity contribution in [3.8, 4) is 23.0 Å². The summed E-state index contributed by atoms with van der Waals surface area (Å²) in [5, 5.41) is 12.5. The highest BCUT2D eigenvalue weighted by Crippen LogP contribution is 2.32. The summed E-state index contributed by atoms with van der Waals surface area (Å²) >= 11 is 0. The summed E-state index contributed by atoms with van der Waals surface area (Å²) in [6.07, 6.45) is -3.41. The normalized spacial score (nSPS) is 11.3. The van der Waals surface area contributed by atoms with Gasteiger partial charge in [0.15, 0.2) is 18.1 Å². The van der Waals surface area contributed by atoms with Crippen LogP contribution in [0.15, 0.2) is 42.6 Å². The van der Waals surface area contributed by atoms with Crippen molar-refractivity contribution in [2.75, 3.05) is 7.11 Å². The summed E-state index contributed by atoms with van der Waals surface area (Å²) in [6.45, 7) is -0.369. The maximum absolute atomic E-state index is 13.2. The van der Waals surface area contributed by atoms with Gasteiger partial charge in [-0.05, 0) is 24.3 Å². The summed E-state index contributed by atoms with van der Waals surface area (Å²) in [4.78, 5) is 18.2. The minimum atomic E-state index is -4.71. The highest BCUT2D eigenvalue weighted by Gasteiger charge is 2.34. The molecule has 0 radical (unpaired) electrons. The zero-order valence-corrected chi connectivity index (χ0v) is 14.3. The Hall–Kier alpha value is -3.63. The predicted octanol–water partition coefficient (Wildman–Crippen LogP) is 3.10. The fourth-order valence-electron chi connectivity index (χ4n) is 2.24. The monoisotopic (exact) mass is 394 g/mol. The van der Waals surface area contributed by atoms with Crippen LogP contribution in [0.4, 0.5) is 13.2 Å². The van der Waals surface area contributed by atoms with Crippen LogP contribution in [0.25, 0.3) is 11.3 Å². The highest BCUT2D eigenvalue weighted by molar-refractivity contribution is 5.85. The van der Waals surface area contributed by atoms with Crippen molar-refractivity contribution < 1.29 is 32.5 Å². The summed E-state index contributed by atoms with van der Waals surface area (Å²) in [5.41, 5.74) is -1.04. The van der Waals surface area contributed by atoms with Crippen LogP contribution < -0.4 is 9.47 Å². The molecule has 0 saturated carbocycles. The minimum absolute atomic E-state index is 0.0112. The molecule has 11 heteroatoms. The molecule has 0 bridgehead atoms. The van der Waals surface area contributed by atoms with E-state index in [1.165, 1.54) is 25.4 Å². The molecular weight excluding hydrogens is 381 g/mol. The van der Waals surface area contributed by atoms with E-state index < -0.39 is 23.8 Å². The number of nitrogens with zero attached hydrogens (tertiary/aromatic N) is 4. The molecule has 0 atom stereocenters. The number of benzene rings is 1. The van der Waals surface area contributed by atoms with Crippen molar-refractivity contribution >= 4 is 5.97 Å². The molecule has 0 unspecified atom stereocenters. The van der Waals surface area contributed by atoms with E-state index in [0.717, 1.165) is 10.7 Å². The zero-order chi connectivity index (χ0) is 20.3. The SMILES string of the molecule is COc1cccc(-c2cc(C(F)(F)F)nc(OCn3ccc(C(=O)O)n3)n2)c1. The largest absolute Gasteiger partial charge is 0.497 e. The second kappa shape index (κ2) is 7.55. The van der Waals surface area contributed by atoms with E-state index in [0.29, 0.717) is 11.3 Å². The van der Waals surface area contributed by atoms with E-state index in [9.17, 15) is 18.0 Å². The number of aromatic nitrogens is 4. The molecule has 1 N–H and O–H groups in total. The maximum atomic E-state index is 13.2. The number of hydrogen-bond donors (Lipinski definition) is 1. The summed E-state index contributed by atoms with van der Waals surface area (Å²) in [7, 11) is 1.43. The first-order valence-corrected chi connectivity index (χ1v) is 7.76. The van der Waals surface area contributed by atoms with Crippen LogP contribution in [0.2, 0.25) is 0 Å². The lowest BCUT2D eigenvalue weighted by atomic mass is 10.1. The van der Waals surface area contributed by atoms with Gasteiger partial charge in [0.25, 0.3) is 0 Å². The van der Waals surface area contributed by atoms with Crippen molar-refractivity contribution in [3.05, 3.63) is 54.0 Å². The third-order valence-electron chi connectivity index (χ3n) is 3.55. The number of hydrogen-bond acceptors (Lipinski definition) is 6. The quantitative estimate of drug-likeness (QED) is 0.686. The average Bonchev–Trinajstić information content (AvgIpc) is 3.15. The Bertz CT molecular complexity index is 1000. The van der Waals surface area contributed by atoms with E-state index in [1.807, 2.05) is 0 Å². The van der Waals surface area contributed by atoms with E-state index in [-0.39, 0.29) is 18.1 Å². The summed E-state index contributed by atoms with van der Waals surface area (Å²) in [6, 6.07) is 7.85. The topological polar surface area (TPSA) is 99.4 Å². The number of ether oxygens (including phenoxy) is 2. The molecule has 2 heterocycles. The van der Waals surface area contributed by atoms with Crippen molar-refractivity contribution in [1.82, 2.24) is 19.7 Å². The predicted molar refractivity (Wildman–Crippen MR) is 88.8 cm³/mol. The smallest absolute Gasteiger partial charge is 0.433 e. The molecule has 0 fully saturated rings. The fourth-order valence-corrected chi connectivity index (χ4v) is 2.24. The Morgan fingerprint density at radius 2 is 2.00 bits per heavy atom. The van der Waals surface area contributed by atoms with Crippen LogP contribution in [0, 0.1) is 0 Å². The zero-order valence-electron chi connectivity index (χ0n) is 14.3. The van der Waals surface area contributed by atoms with E-state index >= 15 is 0 Å². The molecule has 8 nitrogen and oxygen atoms in total. The van der Waals surface area contributed by atoms with Crippen molar-refractivity contribution in [3.63, 3.8) is 0 Å². The van der Waals surface area contributed by atoms with Gasteiger partial charge in [0.2, 0.25) is 0 Å². The molecule has 3 aromatic rings. The number of halogens is 3. The average molecular weight is 394 g/mol. The first-order valence-electron chi connectivity index (χ1n) is 7.76. The van der Waals surface area contributed by atoms with Gasteiger partial charge >= 0.3 is 18.2 Å². The van der Waals surface area contributed by atoms with Crippen LogP contribution in [0.5, 0.6) is 11.8 Å². The second-order valence-corrected chi connectivity index (χ2v) is 5.47. The number of carboxylic acids is 1. The lowest BCUT2D eigenvalue weighted by molar-refractivity contribution is -0.141. The number of methoxy groups -OCH3 is 1. The summed E-state index contributed by atoms with van der Waals surface area (Å²) in [5.74, 6) is -0.792. The maximum Gasteiger partial charge on any atom is 0.433 e. The van der Waals surface area contributed by atoms with Crippen LogP contribution in [0.1, 0.15) is 16.2 Å². The number of carbonyl (C=O) groups is 1. The molecule has 1 aromatic carbocycles. The molecule has 0 aliphatic heterocycles. The van der Waals surface area contributed by atoms with Crippen LogP contribution >= 0.6 is 0 Å². The molecule has 0 amide bonds. The van der Waals surface area contributed by atoms with Gasteiger partial charge in [-0.1, -0.05) is 12.1 Å². The molecule has 0 spiro atoms. The molecule has 146 valence electrons. The van der Waals surface area contributed by atoms with Crippen LogP contribution in [-0.4, -0.2) is 37.9 Å². The van der Waals surface area contributed by atoms with Gasteiger partial charge < -0.3 is 14.6 Å². The fraction of sp³-hybridized carbons (Fsp3) is 0.176. The Morgan fingerprint density at radius 1 is 1.21 bits per heavy atom. The number of rotatable bonds is 6. The Labute approximate surface area is 156 Å². The Balaban J connectivity index is 1.92. The highest BCUT2D eigenvalue weighted by atomic mass is 19.4. The van der Waals surface area contributed by atoms with E-state index in [4.69, 9.17) is 14.6 Å². The lowest BCUT2D eigenvalue weighted by Gasteiger charge is -2.12. The van der Waals surface area contributed by atoms with E-state index in [1.54, 1.807) is 18.2 Å². The Morgan fingerprint density at radius 3 is 2.64 bits per heavy atom. The third kappa shape index (κ3) is 4.37.